The monoisotopic (exact) mass is 293 g/mol. The number of thiophene rings is 1. The van der Waals surface area contributed by atoms with Crippen LogP contribution in [0, 0.1) is 11.8 Å². The number of halogens is 2. The molecule has 0 aliphatic carbocycles. The van der Waals surface area contributed by atoms with Crippen LogP contribution in [0.2, 0.25) is 0 Å². The van der Waals surface area contributed by atoms with E-state index >= 15 is 0 Å². The van der Waals surface area contributed by atoms with Crippen LogP contribution in [-0.4, -0.2) is 12.7 Å². The number of hydrogen-bond donors (Lipinski definition) is 1. The summed E-state index contributed by atoms with van der Waals surface area (Å²) in [6.45, 7) is 4.46. The molecule has 1 aromatic rings. The second-order valence-corrected chi connectivity index (χ2v) is 5.91. The van der Waals surface area contributed by atoms with Gasteiger partial charge in [0.05, 0.1) is 0 Å². The Morgan fingerprint density at radius 1 is 1.53 bits per heavy atom. The number of hydrogen-bond acceptors (Lipinski definition) is 2. The molecule has 1 nitrogen and oxygen atoms in total. The zero-order valence-electron chi connectivity index (χ0n) is 9.04. The molecule has 0 bridgehead atoms. The van der Waals surface area contributed by atoms with Crippen molar-refractivity contribution in [2.24, 2.45) is 17.6 Å². The fourth-order valence-corrected chi connectivity index (χ4v) is 3.19. The van der Waals surface area contributed by atoms with E-state index in [0.717, 1.165) is 9.35 Å². The quantitative estimate of drug-likeness (QED) is 0.882. The predicted molar refractivity (Wildman–Crippen MR) is 68.0 cm³/mol. The van der Waals surface area contributed by atoms with E-state index in [1.807, 2.05) is 25.3 Å². The molecule has 0 saturated carbocycles. The van der Waals surface area contributed by atoms with Gasteiger partial charge in [-0.15, -0.1) is 11.3 Å². The van der Waals surface area contributed by atoms with Gasteiger partial charge in [0.2, 0.25) is 0 Å². The Bertz CT molecular complexity index is 301. The average molecular weight is 294 g/mol. The zero-order valence-corrected chi connectivity index (χ0v) is 11.4. The van der Waals surface area contributed by atoms with Gasteiger partial charge in [-0.2, -0.15) is 0 Å². The number of nitrogens with two attached hydrogens (primary N) is 1. The number of alkyl halides is 1. The van der Waals surface area contributed by atoms with Crippen molar-refractivity contribution in [3.05, 3.63) is 20.8 Å². The van der Waals surface area contributed by atoms with Gasteiger partial charge >= 0.3 is 0 Å². The second kappa shape index (κ2) is 5.97. The van der Waals surface area contributed by atoms with Crippen LogP contribution in [0.25, 0.3) is 0 Å². The molecule has 4 heteroatoms. The largest absolute Gasteiger partial charge is 0.330 e. The molecule has 0 aromatic carbocycles. The summed E-state index contributed by atoms with van der Waals surface area (Å²) in [5.74, 6) is 0.253. The van der Waals surface area contributed by atoms with Crippen LogP contribution in [-0.2, 0) is 6.42 Å². The van der Waals surface area contributed by atoms with Crippen molar-refractivity contribution < 1.29 is 4.39 Å². The summed E-state index contributed by atoms with van der Waals surface area (Å²) < 4.78 is 15.0. The molecular weight excluding hydrogens is 277 g/mol. The van der Waals surface area contributed by atoms with Crippen molar-refractivity contribution in [2.45, 2.75) is 26.4 Å². The first-order valence-corrected chi connectivity index (χ1v) is 6.79. The molecule has 15 heavy (non-hydrogen) atoms. The molecule has 0 spiro atoms. The van der Waals surface area contributed by atoms with E-state index in [-0.39, 0.29) is 5.92 Å². The van der Waals surface area contributed by atoms with Gasteiger partial charge in [0.1, 0.15) is 6.17 Å². The standard InChI is InChI=1S/C11H17BrFNS/c1-7(2)8(6-14)10(13)5-11-9(12)3-4-15-11/h3-4,7-8,10H,5-6,14H2,1-2H3. The first-order chi connectivity index (χ1) is 7.06. The summed E-state index contributed by atoms with van der Waals surface area (Å²) in [4.78, 5) is 1.07. The highest BCUT2D eigenvalue weighted by molar-refractivity contribution is 9.10. The van der Waals surface area contributed by atoms with E-state index in [0.29, 0.717) is 18.9 Å². The summed E-state index contributed by atoms with van der Waals surface area (Å²) in [6.07, 6.45) is -0.372. The average Bonchev–Trinajstić information content (AvgIpc) is 2.52. The van der Waals surface area contributed by atoms with Crippen LogP contribution in [0.5, 0.6) is 0 Å². The van der Waals surface area contributed by atoms with Crippen LogP contribution >= 0.6 is 27.3 Å². The van der Waals surface area contributed by atoms with Gasteiger partial charge in [0, 0.05) is 21.7 Å². The fourth-order valence-electron chi connectivity index (χ4n) is 1.64. The summed E-state index contributed by atoms with van der Waals surface area (Å²) in [7, 11) is 0. The lowest BCUT2D eigenvalue weighted by atomic mass is 9.89. The molecule has 0 aliphatic rings. The molecule has 1 rings (SSSR count). The molecule has 0 saturated heterocycles. The van der Waals surface area contributed by atoms with E-state index in [4.69, 9.17) is 5.73 Å². The fraction of sp³-hybridized carbons (Fsp3) is 0.636. The van der Waals surface area contributed by atoms with Gasteiger partial charge in [-0.05, 0) is 39.8 Å². The lowest BCUT2D eigenvalue weighted by Crippen LogP contribution is -2.30. The van der Waals surface area contributed by atoms with Crippen molar-refractivity contribution in [2.75, 3.05) is 6.54 Å². The molecule has 1 heterocycles. The maximum atomic E-state index is 14.0. The lowest BCUT2D eigenvalue weighted by molar-refractivity contribution is 0.186. The smallest absolute Gasteiger partial charge is 0.109 e. The predicted octanol–water partition coefficient (Wildman–Crippen LogP) is 3.62. The Morgan fingerprint density at radius 3 is 2.60 bits per heavy atom. The van der Waals surface area contributed by atoms with Crippen LogP contribution in [0.1, 0.15) is 18.7 Å². The number of rotatable bonds is 5. The highest BCUT2D eigenvalue weighted by Gasteiger charge is 2.24. The maximum absolute atomic E-state index is 14.0. The topological polar surface area (TPSA) is 26.0 Å². The third-order valence-electron chi connectivity index (χ3n) is 2.66. The van der Waals surface area contributed by atoms with Gasteiger partial charge in [-0.3, -0.25) is 0 Å². The molecule has 1 aromatic heterocycles. The van der Waals surface area contributed by atoms with Crippen molar-refractivity contribution in [1.82, 2.24) is 0 Å². The van der Waals surface area contributed by atoms with E-state index < -0.39 is 6.17 Å². The summed E-state index contributed by atoms with van der Waals surface area (Å²) in [5.41, 5.74) is 5.59. The first-order valence-electron chi connectivity index (χ1n) is 5.12. The van der Waals surface area contributed by atoms with Gasteiger partial charge in [0.25, 0.3) is 0 Å². The highest BCUT2D eigenvalue weighted by atomic mass is 79.9. The molecule has 2 unspecified atom stereocenters. The molecular formula is C11H17BrFNS. The zero-order chi connectivity index (χ0) is 11.4. The molecule has 0 fully saturated rings. The first kappa shape index (κ1) is 13.1. The van der Waals surface area contributed by atoms with Gasteiger partial charge in [-0.25, -0.2) is 4.39 Å². The minimum atomic E-state index is -0.843. The Hall–Kier alpha value is 0.0700. The van der Waals surface area contributed by atoms with Crippen LogP contribution in [0.3, 0.4) is 0 Å². The van der Waals surface area contributed by atoms with E-state index in [1.54, 1.807) is 11.3 Å². The molecule has 2 atom stereocenters. The van der Waals surface area contributed by atoms with Crippen molar-refractivity contribution >= 4 is 27.3 Å². The SMILES string of the molecule is CC(C)C(CN)C(F)Cc1sccc1Br. The molecule has 0 radical (unpaired) electrons. The Labute approximate surface area is 103 Å². The van der Waals surface area contributed by atoms with E-state index in [1.165, 1.54) is 0 Å². The second-order valence-electron chi connectivity index (χ2n) is 4.06. The van der Waals surface area contributed by atoms with E-state index in [2.05, 4.69) is 15.9 Å². The molecule has 0 aliphatic heterocycles. The van der Waals surface area contributed by atoms with Gasteiger partial charge < -0.3 is 5.73 Å². The third kappa shape index (κ3) is 3.54. The Morgan fingerprint density at radius 2 is 2.20 bits per heavy atom. The minimum absolute atomic E-state index is 0.0426. The maximum Gasteiger partial charge on any atom is 0.109 e. The summed E-state index contributed by atoms with van der Waals surface area (Å²) in [6, 6.07) is 1.96. The van der Waals surface area contributed by atoms with Crippen molar-refractivity contribution in [3.63, 3.8) is 0 Å². The molecule has 86 valence electrons. The highest BCUT2D eigenvalue weighted by Crippen LogP contribution is 2.28. The van der Waals surface area contributed by atoms with Crippen molar-refractivity contribution in [1.29, 1.82) is 0 Å². The molecule has 2 N–H and O–H groups in total. The summed E-state index contributed by atoms with van der Waals surface area (Å²) >= 11 is 5.01. The third-order valence-corrected chi connectivity index (χ3v) is 4.61. The van der Waals surface area contributed by atoms with Crippen molar-refractivity contribution in [3.8, 4) is 0 Å². The van der Waals surface area contributed by atoms with E-state index in [9.17, 15) is 4.39 Å². The normalized spacial score (nSPS) is 15.6. The Kier molecular flexibility index (Phi) is 5.23. The van der Waals surface area contributed by atoms with Crippen LogP contribution in [0.15, 0.2) is 15.9 Å². The van der Waals surface area contributed by atoms with Gasteiger partial charge in [-0.1, -0.05) is 13.8 Å². The molecule has 0 amide bonds. The summed E-state index contributed by atoms with van der Waals surface area (Å²) in [5, 5.41) is 1.97. The Balaban J connectivity index is 2.62. The lowest BCUT2D eigenvalue weighted by Gasteiger charge is -2.22. The van der Waals surface area contributed by atoms with Gasteiger partial charge in [0.15, 0.2) is 0 Å². The minimum Gasteiger partial charge on any atom is -0.330 e. The van der Waals surface area contributed by atoms with Crippen LogP contribution in [0.4, 0.5) is 4.39 Å². The van der Waals surface area contributed by atoms with Crippen LogP contribution < -0.4 is 5.73 Å².